The molecule has 0 spiro atoms. The van der Waals surface area contributed by atoms with Crippen molar-refractivity contribution in [3.8, 4) is 0 Å². The number of nitro benzene ring substituents is 1. The largest absolute Gasteiger partial charge is 0.478 e. The number of halogens is 3. The fraction of sp³-hybridized carbons (Fsp3) is 0.300. The predicted molar refractivity (Wildman–Crippen MR) is 56.6 cm³/mol. The Labute approximate surface area is 99.8 Å². The minimum Gasteiger partial charge on any atom is -0.478 e. The molecule has 0 heterocycles. The Hall–Kier alpha value is -2.12. The quantitative estimate of drug-likeness (QED) is 0.393. The molecule has 0 bridgehead atoms. The zero-order valence-corrected chi connectivity index (χ0v) is 9.25. The van der Waals surface area contributed by atoms with Crippen molar-refractivity contribution in [2.75, 3.05) is 6.61 Å². The standard InChI is InChI=1S/C10H9F3N2O3/c1-2-18-9(14)6-3-4-8(15(16)17)7(5-6)10(11,12)13/h3-5,14H,2H2,1H3. The average molecular weight is 262 g/mol. The van der Waals surface area contributed by atoms with Gasteiger partial charge in [-0.25, -0.2) is 0 Å². The fourth-order valence-electron chi connectivity index (χ4n) is 1.29. The summed E-state index contributed by atoms with van der Waals surface area (Å²) in [5, 5.41) is 17.8. The molecule has 5 nitrogen and oxygen atoms in total. The Morgan fingerprint density at radius 3 is 2.56 bits per heavy atom. The first-order chi connectivity index (χ1) is 8.27. The van der Waals surface area contributed by atoms with Gasteiger partial charge in [-0.1, -0.05) is 0 Å². The molecule has 1 aromatic rings. The first-order valence-electron chi connectivity index (χ1n) is 4.84. The molecule has 0 unspecified atom stereocenters. The first kappa shape index (κ1) is 13.9. The van der Waals surface area contributed by atoms with Crippen molar-refractivity contribution in [3.63, 3.8) is 0 Å². The van der Waals surface area contributed by atoms with E-state index in [9.17, 15) is 23.3 Å². The monoisotopic (exact) mass is 262 g/mol. The molecule has 0 aliphatic carbocycles. The smallest absolute Gasteiger partial charge is 0.423 e. The van der Waals surface area contributed by atoms with Crippen molar-refractivity contribution in [2.45, 2.75) is 13.1 Å². The van der Waals surface area contributed by atoms with Gasteiger partial charge >= 0.3 is 6.18 Å². The highest BCUT2D eigenvalue weighted by molar-refractivity contribution is 5.92. The summed E-state index contributed by atoms with van der Waals surface area (Å²) in [6.07, 6.45) is -4.86. The summed E-state index contributed by atoms with van der Waals surface area (Å²) in [6.45, 7) is 1.70. The van der Waals surface area contributed by atoms with E-state index in [1.807, 2.05) is 0 Å². The number of nitrogens with one attached hydrogen (secondary N) is 1. The van der Waals surface area contributed by atoms with Crippen LogP contribution in [0.1, 0.15) is 18.1 Å². The van der Waals surface area contributed by atoms with E-state index in [0.717, 1.165) is 6.07 Å². The second-order valence-corrected chi connectivity index (χ2v) is 3.25. The molecule has 0 aliphatic rings. The number of nitro groups is 1. The maximum absolute atomic E-state index is 12.6. The summed E-state index contributed by atoms with van der Waals surface area (Å²) in [7, 11) is 0. The van der Waals surface area contributed by atoms with Gasteiger partial charge in [-0.2, -0.15) is 13.2 Å². The van der Waals surface area contributed by atoms with Gasteiger partial charge in [0.05, 0.1) is 11.5 Å². The lowest BCUT2D eigenvalue weighted by Crippen LogP contribution is -2.12. The average Bonchev–Trinajstić information content (AvgIpc) is 2.27. The Morgan fingerprint density at radius 1 is 1.50 bits per heavy atom. The lowest BCUT2D eigenvalue weighted by molar-refractivity contribution is -0.388. The minimum atomic E-state index is -4.86. The van der Waals surface area contributed by atoms with E-state index in [-0.39, 0.29) is 12.2 Å². The molecule has 0 amide bonds. The van der Waals surface area contributed by atoms with Gasteiger partial charge in [0.15, 0.2) is 0 Å². The van der Waals surface area contributed by atoms with Crippen LogP contribution in [0, 0.1) is 15.5 Å². The van der Waals surface area contributed by atoms with Crippen molar-refractivity contribution >= 4 is 11.6 Å². The van der Waals surface area contributed by atoms with E-state index in [2.05, 4.69) is 0 Å². The molecule has 0 aliphatic heterocycles. The molecule has 1 N–H and O–H groups in total. The normalized spacial score (nSPS) is 11.1. The van der Waals surface area contributed by atoms with E-state index in [1.165, 1.54) is 0 Å². The van der Waals surface area contributed by atoms with Crippen molar-refractivity contribution in [2.24, 2.45) is 0 Å². The van der Waals surface area contributed by atoms with Gasteiger partial charge in [0, 0.05) is 11.6 Å². The SMILES string of the molecule is CCOC(=N)c1ccc([N+](=O)[O-])c(C(F)(F)F)c1. The van der Waals surface area contributed by atoms with Gasteiger partial charge in [0.1, 0.15) is 5.56 Å². The zero-order valence-electron chi connectivity index (χ0n) is 9.25. The van der Waals surface area contributed by atoms with Crippen LogP contribution in [0.25, 0.3) is 0 Å². The van der Waals surface area contributed by atoms with Crippen LogP contribution in [0.3, 0.4) is 0 Å². The number of alkyl halides is 3. The molecule has 98 valence electrons. The topological polar surface area (TPSA) is 76.2 Å². The van der Waals surface area contributed by atoms with Crippen LogP contribution in [0.15, 0.2) is 18.2 Å². The van der Waals surface area contributed by atoms with Gasteiger partial charge in [0.2, 0.25) is 5.90 Å². The third-order valence-electron chi connectivity index (χ3n) is 2.05. The van der Waals surface area contributed by atoms with Crippen molar-refractivity contribution in [3.05, 3.63) is 39.4 Å². The molecular weight excluding hydrogens is 253 g/mol. The van der Waals surface area contributed by atoms with E-state index < -0.39 is 28.2 Å². The minimum absolute atomic E-state index is 0.122. The van der Waals surface area contributed by atoms with Crippen LogP contribution in [0.5, 0.6) is 0 Å². The second-order valence-electron chi connectivity index (χ2n) is 3.25. The molecule has 8 heteroatoms. The molecular formula is C10H9F3N2O3. The molecule has 0 saturated carbocycles. The van der Waals surface area contributed by atoms with Crippen molar-refractivity contribution < 1.29 is 22.8 Å². The summed E-state index contributed by atoms with van der Waals surface area (Å²) < 4.78 is 42.6. The Balaban J connectivity index is 3.30. The Bertz CT molecular complexity index is 486. The van der Waals surface area contributed by atoms with Gasteiger partial charge in [0.25, 0.3) is 5.69 Å². The Kier molecular flexibility index (Phi) is 3.89. The van der Waals surface area contributed by atoms with E-state index >= 15 is 0 Å². The highest BCUT2D eigenvalue weighted by Crippen LogP contribution is 2.36. The highest BCUT2D eigenvalue weighted by Gasteiger charge is 2.38. The zero-order chi connectivity index (χ0) is 13.9. The van der Waals surface area contributed by atoms with Crippen LogP contribution in [-0.4, -0.2) is 17.4 Å². The maximum Gasteiger partial charge on any atom is 0.423 e. The van der Waals surface area contributed by atoms with Crippen LogP contribution in [0.4, 0.5) is 18.9 Å². The lowest BCUT2D eigenvalue weighted by atomic mass is 10.1. The van der Waals surface area contributed by atoms with Crippen LogP contribution >= 0.6 is 0 Å². The van der Waals surface area contributed by atoms with Crippen LogP contribution in [-0.2, 0) is 10.9 Å². The number of benzene rings is 1. The highest BCUT2D eigenvalue weighted by atomic mass is 19.4. The van der Waals surface area contributed by atoms with Gasteiger partial charge in [-0.15, -0.1) is 0 Å². The summed E-state index contributed by atoms with van der Waals surface area (Å²) in [4.78, 5) is 9.38. The molecule has 1 aromatic carbocycles. The third kappa shape index (κ3) is 2.96. The fourth-order valence-corrected chi connectivity index (χ4v) is 1.29. The number of ether oxygens (including phenoxy) is 1. The molecule has 0 radical (unpaired) electrons. The van der Waals surface area contributed by atoms with Crippen LogP contribution < -0.4 is 0 Å². The summed E-state index contributed by atoms with van der Waals surface area (Å²) in [5.41, 5.74) is -2.60. The summed E-state index contributed by atoms with van der Waals surface area (Å²) in [5.74, 6) is -0.460. The van der Waals surface area contributed by atoms with Gasteiger partial charge in [-0.05, 0) is 19.1 Å². The maximum atomic E-state index is 12.6. The summed E-state index contributed by atoms with van der Waals surface area (Å²) in [6, 6.07) is 2.30. The van der Waals surface area contributed by atoms with E-state index in [0.29, 0.717) is 12.1 Å². The van der Waals surface area contributed by atoms with Gasteiger partial charge in [-0.3, -0.25) is 15.5 Å². The predicted octanol–water partition coefficient (Wildman–Crippen LogP) is 2.98. The van der Waals surface area contributed by atoms with Gasteiger partial charge < -0.3 is 4.74 Å². The molecule has 0 fully saturated rings. The van der Waals surface area contributed by atoms with E-state index in [4.69, 9.17) is 10.1 Å². The number of hydrogen-bond donors (Lipinski definition) is 1. The molecule has 0 saturated heterocycles. The number of hydrogen-bond acceptors (Lipinski definition) is 4. The summed E-state index contributed by atoms with van der Waals surface area (Å²) >= 11 is 0. The van der Waals surface area contributed by atoms with E-state index in [1.54, 1.807) is 6.92 Å². The molecule has 0 atom stereocenters. The Morgan fingerprint density at radius 2 is 2.11 bits per heavy atom. The van der Waals surface area contributed by atoms with Crippen molar-refractivity contribution in [1.82, 2.24) is 0 Å². The van der Waals surface area contributed by atoms with Crippen molar-refractivity contribution in [1.29, 1.82) is 5.41 Å². The lowest BCUT2D eigenvalue weighted by Gasteiger charge is -2.10. The molecule has 0 aromatic heterocycles. The first-order valence-corrected chi connectivity index (χ1v) is 4.84. The molecule has 1 rings (SSSR count). The van der Waals surface area contributed by atoms with Crippen LogP contribution in [0.2, 0.25) is 0 Å². The third-order valence-corrected chi connectivity index (χ3v) is 2.05. The number of nitrogens with zero attached hydrogens (tertiary/aromatic N) is 1. The molecule has 18 heavy (non-hydrogen) atoms. The second kappa shape index (κ2) is 5.03. The number of rotatable bonds is 3.